The number of ether oxygens (including phenoxy) is 1. The van der Waals surface area contributed by atoms with Crippen LogP contribution in [-0.4, -0.2) is 68.1 Å². The van der Waals surface area contributed by atoms with Gasteiger partial charge in [-0.1, -0.05) is 13.8 Å². The van der Waals surface area contributed by atoms with Crippen molar-refractivity contribution in [3.05, 3.63) is 40.8 Å². The molecule has 1 aromatic heterocycles. The van der Waals surface area contributed by atoms with Crippen molar-refractivity contribution in [3.63, 3.8) is 0 Å². The fourth-order valence-electron chi connectivity index (χ4n) is 3.49. The lowest BCUT2D eigenvalue weighted by molar-refractivity contribution is -0.123. The maximum Gasteiger partial charge on any atom is 0.336 e. The summed E-state index contributed by atoms with van der Waals surface area (Å²) in [4.78, 5) is 28.4. The number of benzene rings is 1. The van der Waals surface area contributed by atoms with Crippen LogP contribution in [0.25, 0.3) is 11.0 Å². The van der Waals surface area contributed by atoms with Crippen LogP contribution < -0.4 is 15.7 Å². The zero-order chi connectivity index (χ0) is 20.1. The molecular formula is C21H29N3O4. The van der Waals surface area contributed by atoms with Crippen LogP contribution in [0.15, 0.2) is 39.5 Å². The second-order valence-corrected chi connectivity index (χ2v) is 7.70. The summed E-state index contributed by atoms with van der Waals surface area (Å²) >= 11 is 0. The highest BCUT2D eigenvalue weighted by molar-refractivity contribution is 5.79. The fraction of sp³-hybridized carbons (Fsp3) is 0.524. The molecule has 7 heteroatoms. The fourth-order valence-corrected chi connectivity index (χ4v) is 3.49. The molecule has 2 heterocycles. The summed E-state index contributed by atoms with van der Waals surface area (Å²) in [5, 5.41) is 3.81. The summed E-state index contributed by atoms with van der Waals surface area (Å²) in [7, 11) is 2.14. The molecule has 1 aromatic carbocycles. The molecule has 0 radical (unpaired) electrons. The SMILES string of the molecule is CC(C)C(CNC(=O)COc1ccc2ccc(=O)oc2c1)N1CCN(C)CC1. The van der Waals surface area contributed by atoms with Crippen molar-refractivity contribution in [1.82, 2.24) is 15.1 Å². The Balaban J connectivity index is 1.51. The van der Waals surface area contributed by atoms with Crippen molar-refractivity contribution in [2.75, 3.05) is 46.4 Å². The Bertz CT molecular complexity index is 856. The zero-order valence-corrected chi connectivity index (χ0v) is 16.8. The van der Waals surface area contributed by atoms with Gasteiger partial charge in [0, 0.05) is 56.3 Å². The van der Waals surface area contributed by atoms with Crippen molar-refractivity contribution in [2.45, 2.75) is 19.9 Å². The Morgan fingerprint density at radius 1 is 1.18 bits per heavy atom. The minimum atomic E-state index is -0.411. The minimum Gasteiger partial charge on any atom is -0.484 e. The quantitative estimate of drug-likeness (QED) is 0.727. The van der Waals surface area contributed by atoms with Gasteiger partial charge in [0.05, 0.1) is 0 Å². The van der Waals surface area contributed by atoms with E-state index in [1.54, 1.807) is 24.3 Å². The Morgan fingerprint density at radius 2 is 1.89 bits per heavy atom. The highest BCUT2D eigenvalue weighted by Gasteiger charge is 2.25. The summed E-state index contributed by atoms with van der Waals surface area (Å²) in [6, 6.07) is 8.58. The number of piperazine rings is 1. The number of rotatable bonds is 7. The molecule has 1 saturated heterocycles. The van der Waals surface area contributed by atoms with Gasteiger partial charge in [-0.15, -0.1) is 0 Å². The predicted octanol–water partition coefficient (Wildman–Crippen LogP) is 1.56. The summed E-state index contributed by atoms with van der Waals surface area (Å²) in [6.07, 6.45) is 0. The first-order valence-electron chi connectivity index (χ1n) is 9.78. The van der Waals surface area contributed by atoms with Gasteiger partial charge < -0.3 is 19.4 Å². The largest absolute Gasteiger partial charge is 0.484 e. The Labute approximate surface area is 165 Å². The number of hydrogen-bond acceptors (Lipinski definition) is 6. The molecular weight excluding hydrogens is 358 g/mol. The lowest BCUT2D eigenvalue weighted by Crippen LogP contribution is -2.54. The molecule has 7 nitrogen and oxygen atoms in total. The van der Waals surface area contributed by atoms with Gasteiger partial charge in [-0.25, -0.2) is 4.79 Å². The van der Waals surface area contributed by atoms with Crippen LogP contribution in [0.5, 0.6) is 5.75 Å². The Morgan fingerprint density at radius 3 is 2.61 bits per heavy atom. The lowest BCUT2D eigenvalue weighted by atomic mass is 10.0. The molecule has 28 heavy (non-hydrogen) atoms. The van der Waals surface area contributed by atoms with Crippen LogP contribution in [0.4, 0.5) is 0 Å². The maximum absolute atomic E-state index is 12.3. The van der Waals surface area contributed by atoms with Gasteiger partial charge in [0.15, 0.2) is 6.61 Å². The van der Waals surface area contributed by atoms with E-state index in [0.717, 1.165) is 31.6 Å². The van der Waals surface area contributed by atoms with Crippen LogP contribution in [0.1, 0.15) is 13.8 Å². The van der Waals surface area contributed by atoms with E-state index in [0.29, 0.717) is 29.8 Å². The van der Waals surface area contributed by atoms with Crippen molar-refractivity contribution in [2.24, 2.45) is 5.92 Å². The zero-order valence-electron chi connectivity index (χ0n) is 16.8. The molecule has 1 unspecified atom stereocenters. The van der Waals surface area contributed by atoms with E-state index in [2.05, 4.69) is 36.0 Å². The first kappa shape index (κ1) is 20.4. The van der Waals surface area contributed by atoms with Gasteiger partial charge in [-0.3, -0.25) is 9.69 Å². The smallest absolute Gasteiger partial charge is 0.336 e. The normalized spacial score (nSPS) is 17.0. The Hall–Kier alpha value is -2.38. The van der Waals surface area contributed by atoms with E-state index in [1.807, 2.05) is 0 Å². The number of carbonyl (C=O) groups is 1. The number of hydrogen-bond donors (Lipinski definition) is 1. The molecule has 0 aliphatic carbocycles. The van der Waals surface area contributed by atoms with E-state index in [1.165, 1.54) is 6.07 Å². The van der Waals surface area contributed by atoms with Crippen LogP contribution in [0, 0.1) is 5.92 Å². The monoisotopic (exact) mass is 387 g/mol. The molecule has 1 N–H and O–H groups in total. The minimum absolute atomic E-state index is 0.0733. The van der Waals surface area contributed by atoms with Gasteiger partial charge in [0.1, 0.15) is 11.3 Å². The molecule has 1 amide bonds. The highest BCUT2D eigenvalue weighted by atomic mass is 16.5. The summed E-state index contributed by atoms with van der Waals surface area (Å²) < 4.78 is 10.7. The van der Waals surface area contributed by atoms with Gasteiger partial charge in [-0.2, -0.15) is 0 Å². The second-order valence-electron chi connectivity index (χ2n) is 7.70. The third kappa shape index (κ3) is 5.33. The molecule has 152 valence electrons. The average molecular weight is 387 g/mol. The standard InChI is InChI=1S/C21H29N3O4/c1-15(2)18(24-10-8-23(3)9-11-24)13-22-20(25)14-27-17-6-4-16-5-7-21(26)28-19(16)12-17/h4-7,12,15,18H,8-11,13-14H2,1-3H3,(H,22,25). The van der Waals surface area contributed by atoms with Gasteiger partial charge in [0.25, 0.3) is 5.91 Å². The first-order valence-corrected chi connectivity index (χ1v) is 9.78. The van der Waals surface area contributed by atoms with E-state index in [9.17, 15) is 9.59 Å². The van der Waals surface area contributed by atoms with Crippen molar-refractivity contribution >= 4 is 16.9 Å². The molecule has 1 aliphatic heterocycles. The van der Waals surface area contributed by atoms with E-state index in [4.69, 9.17) is 9.15 Å². The predicted molar refractivity (Wildman–Crippen MR) is 109 cm³/mol. The second kappa shape index (κ2) is 9.21. The highest BCUT2D eigenvalue weighted by Crippen LogP contribution is 2.19. The third-order valence-electron chi connectivity index (χ3n) is 5.25. The van der Waals surface area contributed by atoms with Crippen LogP contribution in [-0.2, 0) is 4.79 Å². The van der Waals surface area contributed by atoms with Gasteiger partial charge in [0.2, 0.25) is 0 Å². The van der Waals surface area contributed by atoms with Crippen LogP contribution >= 0.6 is 0 Å². The number of amides is 1. The van der Waals surface area contributed by atoms with E-state index >= 15 is 0 Å². The molecule has 1 fully saturated rings. The molecule has 0 spiro atoms. The summed E-state index contributed by atoms with van der Waals surface area (Å²) in [5.41, 5.74) is 0.0337. The Kier molecular flexibility index (Phi) is 6.70. The first-order chi connectivity index (χ1) is 13.4. The molecule has 3 rings (SSSR count). The van der Waals surface area contributed by atoms with Gasteiger partial charge >= 0.3 is 5.63 Å². The number of fused-ring (bicyclic) bond motifs is 1. The van der Waals surface area contributed by atoms with E-state index < -0.39 is 5.63 Å². The maximum atomic E-state index is 12.3. The molecule has 1 aliphatic rings. The molecule has 0 saturated carbocycles. The van der Waals surface area contributed by atoms with E-state index in [-0.39, 0.29) is 12.5 Å². The molecule has 1 atom stereocenters. The van der Waals surface area contributed by atoms with Gasteiger partial charge in [-0.05, 0) is 31.2 Å². The lowest BCUT2D eigenvalue weighted by Gasteiger charge is -2.39. The molecule has 0 bridgehead atoms. The van der Waals surface area contributed by atoms with Crippen LogP contribution in [0.2, 0.25) is 0 Å². The number of carbonyl (C=O) groups excluding carboxylic acids is 1. The summed E-state index contributed by atoms with van der Waals surface area (Å²) in [5.74, 6) is 0.791. The average Bonchev–Trinajstić information content (AvgIpc) is 2.67. The number of nitrogens with one attached hydrogen (secondary N) is 1. The van der Waals surface area contributed by atoms with Crippen molar-refractivity contribution in [1.29, 1.82) is 0 Å². The topological polar surface area (TPSA) is 75.0 Å². The number of nitrogens with zero attached hydrogens (tertiary/aromatic N) is 2. The van der Waals surface area contributed by atoms with Crippen molar-refractivity contribution < 1.29 is 13.9 Å². The third-order valence-corrected chi connectivity index (χ3v) is 5.25. The van der Waals surface area contributed by atoms with Crippen LogP contribution in [0.3, 0.4) is 0 Å². The molecule has 2 aromatic rings. The van der Waals surface area contributed by atoms with Crippen molar-refractivity contribution in [3.8, 4) is 5.75 Å². The summed E-state index contributed by atoms with van der Waals surface area (Å²) in [6.45, 7) is 9.06. The number of likely N-dealkylation sites (N-methyl/N-ethyl adjacent to an activating group) is 1.